The Morgan fingerprint density at radius 1 is 1.55 bits per heavy atom. The third-order valence-corrected chi connectivity index (χ3v) is 3.21. The van der Waals surface area contributed by atoms with Crippen LogP contribution in [-0.2, 0) is 4.79 Å². The van der Waals surface area contributed by atoms with Gasteiger partial charge < -0.3 is 15.2 Å². The molecule has 20 heavy (non-hydrogen) atoms. The summed E-state index contributed by atoms with van der Waals surface area (Å²) in [5, 5.41) is 11.6. The number of benzene rings is 1. The highest BCUT2D eigenvalue weighted by molar-refractivity contribution is 5.99. The molecule has 0 fully saturated rings. The van der Waals surface area contributed by atoms with Crippen LogP contribution in [0.2, 0.25) is 0 Å². The highest BCUT2D eigenvalue weighted by Crippen LogP contribution is 2.26. The van der Waals surface area contributed by atoms with Gasteiger partial charge in [-0.05, 0) is 36.6 Å². The van der Waals surface area contributed by atoms with Crippen molar-refractivity contribution in [3.63, 3.8) is 0 Å². The van der Waals surface area contributed by atoms with Crippen molar-refractivity contribution in [3.05, 3.63) is 35.2 Å². The Hall–Kier alpha value is -1.88. The first-order valence-corrected chi connectivity index (χ1v) is 6.62. The van der Waals surface area contributed by atoms with E-state index in [1.165, 1.54) is 12.1 Å². The summed E-state index contributed by atoms with van der Waals surface area (Å²) in [5.74, 6) is 0.210. The molecule has 1 unspecified atom stereocenters. The highest BCUT2D eigenvalue weighted by atomic mass is 19.1. The van der Waals surface area contributed by atoms with E-state index in [9.17, 15) is 9.18 Å². The van der Waals surface area contributed by atoms with E-state index in [2.05, 4.69) is 5.32 Å². The molecule has 1 aliphatic heterocycles. The molecule has 0 radical (unpaired) electrons. The maximum atomic E-state index is 13.2. The quantitative estimate of drug-likeness (QED) is 0.863. The molecule has 1 aromatic carbocycles. The minimum Gasteiger partial charge on any atom is -0.488 e. The molecular formula is C15H18FNO3. The van der Waals surface area contributed by atoms with Gasteiger partial charge in [0.2, 0.25) is 0 Å². The number of aliphatic hydroxyl groups excluding tert-OH is 1. The standard InChI is InChI=1S/C15H18FNO3/c1-10(4-5-18)8-17-15(19)12-6-11-7-13(16)2-3-14(11)20-9-12/h2-3,6-7,10,18H,4-5,8-9H2,1H3,(H,17,19). The van der Waals surface area contributed by atoms with Crippen LogP contribution in [0.3, 0.4) is 0 Å². The minimum absolute atomic E-state index is 0.107. The van der Waals surface area contributed by atoms with Crippen LogP contribution >= 0.6 is 0 Å². The molecule has 1 aromatic rings. The van der Waals surface area contributed by atoms with E-state index < -0.39 is 0 Å². The third-order valence-electron chi connectivity index (χ3n) is 3.21. The van der Waals surface area contributed by atoms with Crippen LogP contribution in [0.4, 0.5) is 4.39 Å². The predicted octanol–water partition coefficient (Wildman–Crippen LogP) is 1.74. The van der Waals surface area contributed by atoms with Crippen molar-refractivity contribution < 1.29 is 19.0 Å². The van der Waals surface area contributed by atoms with Gasteiger partial charge in [0.15, 0.2) is 0 Å². The van der Waals surface area contributed by atoms with Crippen LogP contribution in [0.1, 0.15) is 18.9 Å². The van der Waals surface area contributed by atoms with Gasteiger partial charge in [-0.15, -0.1) is 0 Å². The molecule has 2 rings (SSSR count). The molecule has 108 valence electrons. The van der Waals surface area contributed by atoms with Crippen molar-refractivity contribution in [2.45, 2.75) is 13.3 Å². The Labute approximate surface area is 117 Å². The van der Waals surface area contributed by atoms with E-state index in [1.54, 1.807) is 12.1 Å². The lowest BCUT2D eigenvalue weighted by atomic mass is 10.1. The lowest BCUT2D eigenvalue weighted by molar-refractivity contribution is -0.118. The lowest BCUT2D eigenvalue weighted by Gasteiger charge is -2.18. The number of halogens is 1. The molecule has 1 amide bonds. The zero-order valence-corrected chi connectivity index (χ0v) is 11.4. The second-order valence-electron chi connectivity index (χ2n) is 4.97. The van der Waals surface area contributed by atoms with Crippen molar-refractivity contribution >= 4 is 12.0 Å². The Bertz CT molecular complexity index is 528. The fraction of sp³-hybridized carbons (Fsp3) is 0.400. The van der Waals surface area contributed by atoms with Crippen molar-refractivity contribution in [1.82, 2.24) is 5.32 Å². The van der Waals surface area contributed by atoms with Gasteiger partial charge in [-0.2, -0.15) is 0 Å². The SMILES string of the molecule is CC(CCO)CNC(=O)C1=Cc2cc(F)ccc2OC1. The summed E-state index contributed by atoms with van der Waals surface area (Å²) in [6.07, 6.45) is 2.29. The topological polar surface area (TPSA) is 58.6 Å². The number of ether oxygens (including phenoxy) is 1. The van der Waals surface area contributed by atoms with Crippen molar-refractivity contribution in [1.29, 1.82) is 0 Å². The molecule has 1 atom stereocenters. The highest BCUT2D eigenvalue weighted by Gasteiger charge is 2.17. The number of aliphatic hydroxyl groups is 1. The summed E-state index contributed by atoms with van der Waals surface area (Å²) in [7, 11) is 0. The molecule has 0 saturated carbocycles. The summed E-state index contributed by atoms with van der Waals surface area (Å²) in [4.78, 5) is 12.0. The summed E-state index contributed by atoms with van der Waals surface area (Å²) in [6.45, 7) is 2.73. The number of carbonyl (C=O) groups excluding carboxylic acids is 1. The zero-order chi connectivity index (χ0) is 14.5. The van der Waals surface area contributed by atoms with E-state index in [0.717, 1.165) is 0 Å². The summed E-state index contributed by atoms with van der Waals surface area (Å²) in [6, 6.07) is 4.23. The summed E-state index contributed by atoms with van der Waals surface area (Å²) in [5.41, 5.74) is 1.05. The number of fused-ring (bicyclic) bond motifs is 1. The first-order valence-electron chi connectivity index (χ1n) is 6.62. The largest absolute Gasteiger partial charge is 0.488 e. The van der Waals surface area contributed by atoms with Gasteiger partial charge in [0.1, 0.15) is 18.2 Å². The summed E-state index contributed by atoms with van der Waals surface area (Å²) >= 11 is 0. The molecule has 0 saturated heterocycles. The van der Waals surface area contributed by atoms with Crippen molar-refractivity contribution in [2.24, 2.45) is 5.92 Å². The Balaban J connectivity index is 2.01. The van der Waals surface area contributed by atoms with Crippen LogP contribution in [0.15, 0.2) is 23.8 Å². The normalized spacial score (nSPS) is 14.8. The molecular weight excluding hydrogens is 261 g/mol. The summed E-state index contributed by atoms with van der Waals surface area (Å²) < 4.78 is 18.6. The fourth-order valence-electron chi connectivity index (χ4n) is 1.98. The van der Waals surface area contributed by atoms with Crippen molar-refractivity contribution in [3.8, 4) is 5.75 Å². The first kappa shape index (κ1) is 14.5. The monoisotopic (exact) mass is 279 g/mol. The number of rotatable bonds is 5. The molecule has 1 heterocycles. The van der Waals surface area contributed by atoms with E-state index in [1.807, 2.05) is 6.92 Å². The van der Waals surface area contributed by atoms with Crippen molar-refractivity contribution in [2.75, 3.05) is 19.8 Å². The molecule has 5 heteroatoms. The maximum Gasteiger partial charge on any atom is 0.250 e. The average Bonchev–Trinajstić information content (AvgIpc) is 2.44. The van der Waals surface area contributed by atoms with E-state index >= 15 is 0 Å². The van der Waals surface area contributed by atoms with Gasteiger partial charge in [-0.3, -0.25) is 4.79 Å². The molecule has 0 aliphatic carbocycles. The molecule has 0 spiro atoms. The average molecular weight is 279 g/mol. The molecule has 4 nitrogen and oxygen atoms in total. The second kappa shape index (κ2) is 6.52. The minimum atomic E-state index is -0.359. The number of carbonyl (C=O) groups is 1. The molecule has 0 bridgehead atoms. The van der Waals surface area contributed by atoms with Gasteiger partial charge in [-0.25, -0.2) is 4.39 Å². The number of hydrogen-bond donors (Lipinski definition) is 2. The Morgan fingerprint density at radius 2 is 2.35 bits per heavy atom. The first-order chi connectivity index (χ1) is 9.60. The van der Waals surface area contributed by atoms with Gasteiger partial charge in [0, 0.05) is 18.7 Å². The Kier molecular flexibility index (Phi) is 4.74. The van der Waals surface area contributed by atoms with E-state index in [-0.39, 0.29) is 30.9 Å². The zero-order valence-electron chi connectivity index (χ0n) is 11.4. The van der Waals surface area contributed by atoms with Crippen LogP contribution < -0.4 is 10.1 Å². The van der Waals surface area contributed by atoms with E-state index in [0.29, 0.717) is 29.9 Å². The number of nitrogens with one attached hydrogen (secondary N) is 1. The van der Waals surface area contributed by atoms with Gasteiger partial charge in [-0.1, -0.05) is 6.92 Å². The second-order valence-corrected chi connectivity index (χ2v) is 4.97. The van der Waals surface area contributed by atoms with Gasteiger partial charge >= 0.3 is 0 Å². The third kappa shape index (κ3) is 3.57. The number of hydrogen-bond acceptors (Lipinski definition) is 3. The van der Waals surface area contributed by atoms with Crippen LogP contribution in [0.25, 0.3) is 6.08 Å². The predicted molar refractivity (Wildman–Crippen MR) is 73.7 cm³/mol. The molecule has 1 aliphatic rings. The Morgan fingerprint density at radius 3 is 3.10 bits per heavy atom. The van der Waals surface area contributed by atoms with Crippen LogP contribution in [0.5, 0.6) is 5.75 Å². The lowest BCUT2D eigenvalue weighted by Crippen LogP contribution is -2.32. The molecule has 0 aromatic heterocycles. The van der Waals surface area contributed by atoms with Gasteiger partial charge in [0.25, 0.3) is 5.91 Å². The smallest absolute Gasteiger partial charge is 0.250 e. The number of amides is 1. The van der Waals surface area contributed by atoms with Crippen LogP contribution in [0, 0.1) is 11.7 Å². The maximum absolute atomic E-state index is 13.2. The fourth-order valence-corrected chi connectivity index (χ4v) is 1.98. The molecule has 2 N–H and O–H groups in total. The van der Waals surface area contributed by atoms with Gasteiger partial charge in [0.05, 0.1) is 5.57 Å². The van der Waals surface area contributed by atoms with Crippen LogP contribution in [-0.4, -0.2) is 30.8 Å². The van der Waals surface area contributed by atoms with E-state index in [4.69, 9.17) is 9.84 Å².